The Kier molecular flexibility index (Phi) is 3.96. The van der Waals surface area contributed by atoms with Crippen LogP contribution in [0.1, 0.15) is 0 Å². The Morgan fingerprint density at radius 2 is 2.00 bits per heavy atom. The van der Waals surface area contributed by atoms with Gasteiger partial charge in [-0.1, -0.05) is 13.2 Å². The number of hydrogen-bond donors (Lipinski definition) is 1. The maximum Gasteiger partial charge on any atom is 0.0585 e. The summed E-state index contributed by atoms with van der Waals surface area (Å²) < 4.78 is 0. The molecule has 0 aliphatic carbocycles. The van der Waals surface area contributed by atoms with Crippen LogP contribution in [0.5, 0.6) is 0 Å². The number of aliphatic imine (C=N–C) groups is 1. The van der Waals surface area contributed by atoms with Crippen LogP contribution in [0.2, 0.25) is 0 Å². The summed E-state index contributed by atoms with van der Waals surface area (Å²) in [5.41, 5.74) is 6.80. The summed E-state index contributed by atoms with van der Waals surface area (Å²) in [5.74, 6) is 0. The van der Waals surface area contributed by atoms with Crippen molar-refractivity contribution in [3.63, 3.8) is 0 Å². The lowest BCUT2D eigenvalue weighted by atomic mass is 10.3. The first-order chi connectivity index (χ1) is 4.74. The van der Waals surface area contributed by atoms with Gasteiger partial charge in [0.05, 0.1) is 5.71 Å². The topological polar surface area (TPSA) is 38.4 Å². The maximum absolute atomic E-state index is 5.44. The molecule has 0 saturated carbocycles. The average Bonchev–Trinajstić information content (AvgIpc) is 1.99. The molecule has 0 amide bonds. The predicted octanol–water partition coefficient (Wildman–Crippen LogP) is 1.27. The van der Waals surface area contributed by atoms with E-state index in [1.807, 2.05) is 0 Å². The van der Waals surface area contributed by atoms with Crippen molar-refractivity contribution >= 4 is 5.71 Å². The molecule has 2 N–H and O–H groups in total. The quantitative estimate of drug-likeness (QED) is 0.460. The fourth-order valence-electron chi connectivity index (χ4n) is 0.444. The molecule has 2 nitrogen and oxygen atoms in total. The molecule has 0 aliphatic heterocycles. The fraction of sp³-hybridized carbons (Fsp3) is 0.125. The molecule has 0 aromatic carbocycles. The van der Waals surface area contributed by atoms with Crippen LogP contribution in [0.15, 0.2) is 42.1 Å². The highest BCUT2D eigenvalue weighted by atomic mass is 14.7. The van der Waals surface area contributed by atoms with E-state index in [-0.39, 0.29) is 0 Å². The minimum Gasteiger partial charge on any atom is -0.399 e. The van der Waals surface area contributed by atoms with Crippen LogP contribution >= 0.6 is 0 Å². The van der Waals surface area contributed by atoms with E-state index in [1.54, 1.807) is 25.3 Å². The summed E-state index contributed by atoms with van der Waals surface area (Å²) >= 11 is 0. The third kappa shape index (κ3) is 2.87. The summed E-state index contributed by atoms with van der Waals surface area (Å²) in [4.78, 5) is 3.89. The van der Waals surface area contributed by atoms with Crippen LogP contribution < -0.4 is 5.73 Å². The molecular formula is C8H12N2. The third-order valence-electron chi connectivity index (χ3n) is 1.02. The highest BCUT2D eigenvalue weighted by Gasteiger charge is 1.84. The van der Waals surface area contributed by atoms with Gasteiger partial charge in [0.1, 0.15) is 0 Å². The Labute approximate surface area is 61.5 Å². The highest BCUT2D eigenvalue weighted by molar-refractivity contribution is 6.04. The summed E-state index contributed by atoms with van der Waals surface area (Å²) in [6, 6.07) is 0. The normalized spacial score (nSPS) is 12.9. The van der Waals surface area contributed by atoms with Crippen molar-refractivity contribution in [1.82, 2.24) is 0 Å². The molecular weight excluding hydrogens is 124 g/mol. The van der Waals surface area contributed by atoms with Crippen molar-refractivity contribution in [2.24, 2.45) is 10.7 Å². The van der Waals surface area contributed by atoms with Gasteiger partial charge in [0.2, 0.25) is 0 Å². The molecule has 0 aromatic heterocycles. The molecule has 0 saturated heterocycles. The molecule has 0 spiro atoms. The van der Waals surface area contributed by atoms with Crippen molar-refractivity contribution in [3.05, 3.63) is 37.1 Å². The van der Waals surface area contributed by atoms with E-state index in [0.717, 1.165) is 5.71 Å². The van der Waals surface area contributed by atoms with Gasteiger partial charge in [0.15, 0.2) is 0 Å². The summed E-state index contributed by atoms with van der Waals surface area (Å²) in [6.07, 6.45) is 4.91. The largest absolute Gasteiger partial charge is 0.399 e. The Morgan fingerprint density at radius 3 is 2.30 bits per heavy atom. The smallest absolute Gasteiger partial charge is 0.0585 e. The number of allylic oxidation sites excluding steroid dienone is 3. The van der Waals surface area contributed by atoms with Gasteiger partial charge in [-0.05, 0) is 18.2 Å². The Bertz CT molecular complexity index is 187. The van der Waals surface area contributed by atoms with E-state index in [1.165, 1.54) is 0 Å². The molecule has 10 heavy (non-hydrogen) atoms. The molecule has 0 bridgehead atoms. The van der Waals surface area contributed by atoms with Crippen molar-refractivity contribution in [2.75, 3.05) is 7.05 Å². The first-order valence-electron chi connectivity index (χ1n) is 2.93. The molecule has 0 heterocycles. The van der Waals surface area contributed by atoms with Crippen molar-refractivity contribution in [3.8, 4) is 0 Å². The lowest BCUT2D eigenvalue weighted by Gasteiger charge is -1.91. The van der Waals surface area contributed by atoms with Gasteiger partial charge in [-0.2, -0.15) is 0 Å². The van der Waals surface area contributed by atoms with Crippen molar-refractivity contribution in [2.45, 2.75) is 0 Å². The zero-order chi connectivity index (χ0) is 7.98. The standard InChI is InChI=1S/C8H12N2/c1-4-7(9)6-8(5-2)10-3/h4-6H,1-2,9H2,3H3/b7-6-,10-8?. The Morgan fingerprint density at radius 1 is 1.40 bits per heavy atom. The zero-order valence-corrected chi connectivity index (χ0v) is 6.17. The van der Waals surface area contributed by atoms with Gasteiger partial charge < -0.3 is 5.73 Å². The van der Waals surface area contributed by atoms with Crippen LogP contribution in [-0.2, 0) is 0 Å². The summed E-state index contributed by atoms with van der Waals surface area (Å²) in [5, 5.41) is 0. The van der Waals surface area contributed by atoms with Crippen molar-refractivity contribution < 1.29 is 0 Å². The van der Waals surface area contributed by atoms with Gasteiger partial charge in [-0.25, -0.2) is 0 Å². The monoisotopic (exact) mass is 136 g/mol. The van der Waals surface area contributed by atoms with Gasteiger partial charge in [-0.3, -0.25) is 4.99 Å². The Balaban J connectivity index is 4.36. The first kappa shape index (κ1) is 8.69. The molecule has 0 unspecified atom stereocenters. The van der Waals surface area contributed by atoms with Crippen LogP contribution in [0, 0.1) is 0 Å². The second kappa shape index (κ2) is 4.56. The molecule has 0 aliphatic rings. The van der Waals surface area contributed by atoms with Crippen molar-refractivity contribution in [1.29, 1.82) is 0 Å². The summed E-state index contributed by atoms with van der Waals surface area (Å²) in [7, 11) is 1.68. The van der Waals surface area contributed by atoms with E-state index in [4.69, 9.17) is 5.73 Å². The van der Waals surface area contributed by atoms with Crippen LogP contribution in [0.3, 0.4) is 0 Å². The SMILES string of the molecule is C=CC(/C=C(\N)C=C)=NC. The van der Waals surface area contributed by atoms with E-state index < -0.39 is 0 Å². The first-order valence-corrected chi connectivity index (χ1v) is 2.93. The lowest BCUT2D eigenvalue weighted by Crippen LogP contribution is -1.97. The second-order valence-electron chi connectivity index (χ2n) is 1.70. The average molecular weight is 136 g/mol. The van der Waals surface area contributed by atoms with Gasteiger partial charge >= 0.3 is 0 Å². The Hall–Kier alpha value is -1.31. The van der Waals surface area contributed by atoms with Gasteiger partial charge in [-0.15, -0.1) is 0 Å². The van der Waals surface area contributed by atoms with E-state index in [2.05, 4.69) is 18.2 Å². The summed E-state index contributed by atoms with van der Waals surface area (Å²) in [6.45, 7) is 7.05. The second-order valence-corrected chi connectivity index (χ2v) is 1.70. The minimum atomic E-state index is 0.598. The maximum atomic E-state index is 5.44. The van der Waals surface area contributed by atoms with Gasteiger partial charge in [0.25, 0.3) is 0 Å². The number of rotatable bonds is 3. The fourth-order valence-corrected chi connectivity index (χ4v) is 0.444. The molecule has 0 aromatic rings. The number of hydrogen-bond acceptors (Lipinski definition) is 2. The van der Waals surface area contributed by atoms with E-state index in [0.29, 0.717) is 5.70 Å². The van der Waals surface area contributed by atoms with E-state index >= 15 is 0 Å². The van der Waals surface area contributed by atoms with Crippen LogP contribution in [0.4, 0.5) is 0 Å². The lowest BCUT2D eigenvalue weighted by molar-refractivity contribution is 1.41. The molecule has 54 valence electrons. The molecule has 0 rings (SSSR count). The number of nitrogens with zero attached hydrogens (tertiary/aromatic N) is 1. The number of nitrogens with two attached hydrogens (primary N) is 1. The minimum absolute atomic E-state index is 0.598. The molecule has 0 radical (unpaired) electrons. The predicted molar refractivity (Wildman–Crippen MR) is 46.0 cm³/mol. The zero-order valence-electron chi connectivity index (χ0n) is 6.17. The van der Waals surface area contributed by atoms with Crippen LogP contribution in [-0.4, -0.2) is 12.8 Å². The van der Waals surface area contributed by atoms with Gasteiger partial charge in [0, 0.05) is 12.7 Å². The van der Waals surface area contributed by atoms with Crippen LogP contribution in [0.25, 0.3) is 0 Å². The molecule has 0 atom stereocenters. The molecule has 2 heteroatoms. The molecule has 0 fully saturated rings. The third-order valence-corrected chi connectivity index (χ3v) is 1.02. The van der Waals surface area contributed by atoms with E-state index in [9.17, 15) is 0 Å². The highest BCUT2D eigenvalue weighted by Crippen LogP contribution is 1.88.